The predicted octanol–water partition coefficient (Wildman–Crippen LogP) is 3.57. The van der Waals surface area contributed by atoms with E-state index in [2.05, 4.69) is 0 Å². The summed E-state index contributed by atoms with van der Waals surface area (Å²) in [7, 11) is -3.92. The summed E-state index contributed by atoms with van der Waals surface area (Å²) in [5, 5.41) is 10.3. The SMILES string of the molecule is O=C1OC/C2=C/C(O)CCCCCCCCC1(S(=O)(=O)c1ccccc1)C2. The molecule has 0 radical (unpaired) electrons. The van der Waals surface area contributed by atoms with Crippen LogP contribution in [0, 0.1) is 0 Å². The van der Waals surface area contributed by atoms with Gasteiger partial charge in [0.1, 0.15) is 6.61 Å². The van der Waals surface area contributed by atoms with E-state index in [1.807, 2.05) is 0 Å². The fourth-order valence-corrected chi connectivity index (χ4v) is 6.10. The van der Waals surface area contributed by atoms with Gasteiger partial charge in [-0.3, -0.25) is 4.79 Å². The monoisotopic (exact) mass is 392 g/mol. The largest absolute Gasteiger partial charge is 0.460 e. The van der Waals surface area contributed by atoms with Crippen LogP contribution in [-0.2, 0) is 19.4 Å². The molecule has 1 saturated heterocycles. The third-order valence-electron chi connectivity index (χ3n) is 5.60. The first kappa shape index (κ1) is 20.1. The van der Waals surface area contributed by atoms with E-state index in [0.717, 1.165) is 32.1 Å². The minimum atomic E-state index is -3.92. The molecule has 1 aliphatic heterocycles. The second-order valence-electron chi connectivity index (χ2n) is 7.62. The maximum atomic E-state index is 13.5. The van der Waals surface area contributed by atoms with E-state index in [-0.39, 0.29) is 24.3 Å². The zero-order valence-electron chi connectivity index (χ0n) is 15.6. The number of sulfone groups is 1. The number of aliphatic hydroxyl groups excluding tert-OH is 1. The van der Waals surface area contributed by atoms with Gasteiger partial charge < -0.3 is 9.84 Å². The van der Waals surface area contributed by atoms with Gasteiger partial charge in [-0.1, -0.05) is 62.8 Å². The lowest BCUT2D eigenvalue weighted by atomic mass is 9.90. The Morgan fingerprint density at radius 2 is 1.67 bits per heavy atom. The van der Waals surface area contributed by atoms with E-state index in [4.69, 9.17) is 4.74 Å². The second kappa shape index (κ2) is 8.57. The molecular formula is C21H28O5S. The minimum absolute atomic E-state index is 0.0575. The van der Waals surface area contributed by atoms with Crippen molar-refractivity contribution in [1.82, 2.24) is 0 Å². The third kappa shape index (κ3) is 4.27. The summed E-state index contributed by atoms with van der Waals surface area (Å²) in [5.41, 5.74) is 0.695. The molecule has 0 aromatic heterocycles. The Labute approximate surface area is 161 Å². The van der Waals surface area contributed by atoms with Crippen molar-refractivity contribution in [2.24, 2.45) is 0 Å². The van der Waals surface area contributed by atoms with Crippen LogP contribution in [0.25, 0.3) is 0 Å². The molecular weight excluding hydrogens is 364 g/mol. The summed E-state index contributed by atoms with van der Waals surface area (Å²) in [6, 6.07) is 8.15. The van der Waals surface area contributed by atoms with Gasteiger partial charge in [-0.15, -0.1) is 0 Å². The van der Waals surface area contributed by atoms with Crippen molar-refractivity contribution >= 4 is 15.8 Å². The zero-order valence-corrected chi connectivity index (χ0v) is 16.4. The van der Waals surface area contributed by atoms with E-state index in [9.17, 15) is 18.3 Å². The Kier molecular flexibility index (Phi) is 6.37. The first-order chi connectivity index (χ1) is 13.0. The number of cyclic esters (lactones) is 1. The molecule has 0 amide bonds. The minimum Gasteiger partial charge on any atom is -0.460 e. The van der Waals surface area contributed by atoms with Crippen LogP contribution in [-0.4, -0.2) is 37.0 Å². The van der Waals surface area contributed by atoms with Gasteiger partial charge in [0.25, 0.3) is 0 Å². The smallest absolute Gasteiger partial charge is 0.328 e. The van der Waals surface area contributed by atoms with E-state index in [0.29, 0.717) is 18.4 Å². The molecule has 148 valence electrons. The molecule has 6 heteroatoms. The number of fused-ring (bicyclic) bond motifs is 2. The van der Waals surface area contributed by atoms with Gasteiger partial charge in [0.15, 0.2) is 14.6 Å². The van der Waals surface area contributed by atoms with Crippen LogP contribution >= 0.6 is 0 Å². The highest BCUT2D eigenvalue weighted by molar-refractivity contribution is 7.93. The lowest BCUT2D eigenvalue weighted by Gasteiger charge is -2.36. The fraction of sp³-hybridized carbons (Fsp3) is 0.571. The van der Waals surface area contributed by atoms with Crippen LogP contribution in [0.4, 0.5) is 0 Å². The number of benzene rings is 1. The quantitative estimate of drug-likeness (QED) is 0.615. The Bertz CT molecular complexity index is 784. The number of hydrogen-bond donors (Lipinski definition) is 1. The van der Waals surface area contributed by atoms with Gasteiger partial charge in [-0.25, -0.2) is 8.42 Å². The van der Waals surface area contributed by atoms with Gasteiger partial charge >= 0.3 is 5.97 Å². The number of rotatable bonds is 2. The zero-order chi connectivity index (χ0) is 19.3. The number of esters is 1. The van der Waals surface area contributed by atoms with Crippen molar-refractivity contribution in [3.63, 3.8) is 0 Å². The van der Waals surface area contributed by atoms with Crippen molar-refractivity contribution in [2.75, 3.05) is 6.61 Å². The molecule has 1 aromatic carbocycles. The maximum absolute atomic E-state index is 13.5. The maximum Gasteiger partial charge on any atom is 0.328 e. The second-order valence-corrected chi connectivity index (χ2v) is 9.88. The third-order valence-corrected chi connectivity index (χ3v) is 8.04. The lowest BCUT2D eigenvalue weighted by Crippen LogP contribution is -2.51. The molecule has 1 heterocycles. The highest BCUT2D eigenvalue weighted by Crippen LogP contribution is 2.40. The molecule has 0 saturated carbocycles. The lowest BCUT2D eigenvalue weighted by molar-refractivity contribution is -0.148. The van der Waals surface area contributed by atoms with E-state index < -0.39 is 26.7 Å². The van der Waals surface area contributed by atoms with Gasteiger partial charge in [-0.05, 0) is 30.5 Å². The Hall–Kier alpha value is -1.66. The summed E-state index contributed by atoms with van der Waals surface area (Å²) in [6.07, 6.45) is 7.68. The molecule has 2 aliphatic rings. The average molecular weight is 393 g/mol. The summed E-state index contributed by atoms with van der Waals surface area (Å²) in [6.45, 7) is 0.0575. The Morgan fingerprint density at radius 1 is 1.00 bits per heavy atom. The molecule has 3 rings (SSSR count). The molecule has 2 atom stereocenters. The molecule has 1 aliphatic carbocycles. The summed E-state index contributed by atoms with van der Waals surface area (Å²) < 4.78 is 30.7. The molecule has 2 unspecified atom stereocenters. The van der Waals surface area contributed by atoms with Crippen LogP contribution < -0.4 is 0 Å². The number of hydrogen-bond acceptors (Lipinski definition) is 5. The molecule has 1 fully saturated rings. The fourth-order valence-electron chi connectivity index (χ4n) is 4.07. The standard InChI is InChI=1S/C21H28O5S/c22-18-10-6-3-1-2-4-9-13-21(15-17(14-18)16-26-20(21)23)27(24,25)19-11-7-5-8-12-19/h5,7-8,11-12,14,18,22H,1-4,6,9-10,13,15-16H2/b17-14+. The van der Waals surface area contributed by atoms with Crippen molar-refractivity contribution in [3.05, 3.63) is 42.0 Å². The number of carbonyl (C=O) groups is 1. The predicted molar refractivity (Wildman–Crippen MR) is 103 cm³/mol. The summed E-state index contributed by atoms with van der Waals surface area (Å²) >= 11 is 0. The molecule has 2 bridgehead atoms. The highest BCUT2D eigenvalue weighted by atomic mass is 32.2. The van der Waals surface area contributed by atoms with Crippen LogP contribution in [0.15, 0.2) is 46.9 Å². The normalized spacial score (nSPS) is 30.0. The van der Waals surface area contributed by atoms with Crippen LogP contribution in [0.1, 0.15) is 57.8 Å². The van der Waals surface area contributed by atoms with Crippen LogP contribution in [0.3, 0.4) is 0 Å². The van der Waals surface area contributed by atoms with Crippen LogP contribution in [0.5, 0.6) is 0 Å². The Morgan fingerprint density at radius 3 is 2.41 bits per heavy atom. The van der Waals surface area contributed by atoms with Crippen molar-refractivity contribution in [3.8, 4) is 0 Å². The van der Waals surface area contributed by atoms with E-state index in [1.165, 1.54) is 12.1 Å². The molecule has 27 heavy (non-hydrogen) atoms. The Balaban J connectivity index is 2.03. The van der Waals surface area contributed by atoms with Crippen LogP contribution in [0.2, 0.25) is 0 Å². The van der Waals surface area contributed by atoms with Gasteiger partial charge in [0.05, 0.1) is 11.0 Å². The topological polar surface area (TPSA) is 80.7 Å². The van der Waals surface area contributed by atoms with E-state index >= 15 is 0 Å². The number of carbonyl (C=O) groups excluding carboxylic acids is 1. The number of aliphatic hydroxyl groups is 1. The average Bonchev–Trinajstić information content (AvgIpc) is 2.67. The molecule has 5 nitrogen and oxygen atoms in total. The van der Waals surface area contributed by atoms with Crippen molar-refractivity contribution in [2.45, 2.75) is 73.5 Å². The van der Waals surface area contributed by atoms with E-state index in [1.54, 1.807) is 24.3 Å². The highest BCUT2D eigenvalue weighted by Gasteiger charge is 2.54. The van der Waals surface area contributed by atoms with Crippen molar-refractivity contribution < 1.29 is 23.1 Å². The van der Waals surface area contributed by atoms with Gasteiger partial charge in [0, 0.05) is 6.42 Å². The molecule has 1 N–H and O–H groups in total. The summed E-state index contributed by atoms with van der Waals surface area (Å²) in [5.74, 6) is -0.659. The van der Waals surface area contributed by atoms with Gasteiger partial charge in [0.2, 0.25) is 0 Å². The first-order valence-corrected chi connectivity index (χ1v) is 11.3. The molecule has 0 spiro atoms. The van der Waals surface area contributed by atoms with Gasteiger partial charge in [-0.2, -0.15) is 0 Å². The first-order valence-electron chi connectivity index (χ1n) is 9.80. The van der Waals surface area contributed by atoms with Crippen molar-refractivity contribution in [1.29, 1.82) is 0 Å². The molecule has 1 aromatic rings. The summed E-state index contributed by atoms with van der Waals surface area (Å²) in [4.78, 5) is 13.0. The number of ether oxygens (including phenoxy) is 1.